The number of carboxylic acids is 1. The fourth-order valence-corrected chi connectivity index (χ4v) is 3.40. The largest absolute Gasteiger partial charge is 0.492 e. The number of aromatic carboxylic acids is 1. The van der Waals surface area contributed by atoms with Gasteiger partial charge >= 0.3 is 5.97 Å². The molecule has 0 radical (unpaired) electrons. The van der Waals surface area contributed by atoms with Gasteiger partial charge in [-0.2, -0.15) is 15.2 Å². The Kier molecular flexibility index (Phi) is 4.59. The van der Waals surface area contributed by atoms with E-state index in [1.807, 2.05) is 30.3 Å². The molecule has 158 valence electrons. The Hall–Kier alpha value is -4.60. The number of carboxylic acid groups (broad SMARTS) is 1. The molecule has 0 amide bonds. The highest BCUT2D eigenvalue weighted by Crippen LogP contribution is 2.26. The second-order valence-corrected chi connectivity index (χ2v) is 7.03. The van der Waals surface area contributed by atoms with Gasteiger partial charge in [-0.05, 0) is 23.3 Å². The summed E-state index contributed by atoms with van der Waals surface area (Å²) in [6.45, 7) is 0.0528. The van der Waals surface area contributed by atoms with Gasteiger partial charge in [-0.1, -0.05) is 36.4 Å². The van der Waals surface area contributed by atoms with Gasteiger partial charge in [0.25, 0.3) is 5.95 Å². The van der Waals surface area contributed by atoms with Crippen LogP contribution in [-0.4, -0.2) is 45.7 Å². The highest BCUT2D eigenvalue weighted by molar-refractivity contribution is 5.87. The van der Waals surface area contributed by atoms with Gasteiger partial charge in [0.2, 0.25) is 5.88 Å². The van der Waals surface area contributed by atoms with Gasteiger partial charge in [-0.25, -0.2) is 18.9 Å². The van der Waals surface area contributed by atoms with Crippen molar-refractivity contribution in [3.8, 4) is 23.0 Å². The number of carbonyl (C=O) groups is 1. The van der Waals surface area contributed by atoms with Crippen LogP contribution in [0.15, 0.2) is 67.1 Å². The highest BCUT2D eigenvalue weighted by atomic mass is 19.1. The SMILES string of the molecule is O=C(O)c1cnn(-c2nc(O)c3c(cnn3Cc3cc(-c4ccccc4)ccc3F)n2)c1. The molecular formula is C22H15FN6O3. The Balaban J connectivity index is 1.51. The minimum Gasteiger partial charge on any atom is -0.492 e. The second-order valence-electron chi connectivity index (χ2n) is 7.03. The van der Waals surface area contributed by atoms with Gasteiger partial charge in [0.1, 0.15) is 16.9 Å². The zero-order chi connectivity index (χ0) is 22.2. The summed E-state index contributed by atoms with van der Waals surface area (Å²) in [4.78, 5) is 19.3. The number of aromatic hydroxyl groups is 1. The van der Waals surface area contributed by atoms with Gasteiger partial charge in [-0.3, -0.25) is 4.68 Å². The Morgan fingerprint density at radius 1 is 1.00 bits per heavy atom. The summed E-state index contributed by atoms with van der Waals surface area (Å²) in [6, 6.07) is 14.4. The topological polar surface area (TPSA) is 119 Å². The Bertz CT molecular complexity index is 1460. The van der Waals surface area contributed by atoms with E-state index in [0.29, 0.717) is 11.1 Å². The van der Waals surface area contributed by atoms with E-state index in [2.05, 4.69) is 20.2 Å². The molecule has 0 unspecified atom stereocenters. The van der Waals surface area contributed by atoms with Crippen molar-refractivity contribution in [1.82, 2.24) is 29.5 Å². The maximum absolute atomic E-state index is 14.5. The van der Waals surface area contributed by atoms with Crippen LogP contribution >= 0.6 is 0 Å². The third-order valence-electron chi connectivity index (χ3n) is 4.97. The highest BCUT2D eigenvalue weighted by Gasteiger charge is 2.17. The molecule has 0 aliphatic carbocycles. The first-order chi connectivity index (χ1) is 15.5. The molecular weight excluding hydrogens is 415 g/mol. The molecule has 0 fully saturated rings. The van der Waals surface area contributed by atoms with Crippen molar-refractivity contribution in [1.29, 1.82) is 0 Å². The molecule has 32 heavy (non-hydrogen) atoms. The standard InChI is InChI=1S/C22H15FN6O3/c23-17-7-6-14(13-4-2-1-3-5-13)8-15(17)11-28-19-18(10-25-28)26-22(27-20(19)30)29-12-16(9-24-29)21(31)32/h1-10,12H,11H2,(H,31,32)(H,26,27,30). The fourth-order valence-electron chi connectivity index (χ4n) is 3.40. The van der Waals surface area contributed by atoms with E-state index in [1.165, 1.54) is 23.1 Å². The molecule has 0 saturated carbocycles. The second kappa shape index (κ2) is 7.58. The lowest BCUT2D eigenvalue weighted by Gasteiger charge is -2.09. The van der Waals surface area contributed by atoms with Gasteiger partial charge in [0.15, 0.2) is 0 Å². The van der Waals surface area contributed by atoms with Crippen LogP contribution in [-0.2, 0) is 6.54 Å². The van der Waals surface area contributed by atoms with Gasteiger partial charge in [0, 0.05) is 11.8 Å². The van der Waals surface area contributed by atoms with Crippen LogP contribution in [0.1, 0.15) is 15.9 Å². The van der Waals surface area contributed by atoms with Crippen molar-refractivity contribution in [3.63, 3.8) is 0 Å². The van der Waals surface area contributed by atoms with Crippen molar-refractivity contribution in [2.75, 3.05) is 0 Å². The van der Waals surface area contributed by atoms with E-state index in [9.17, 15) is 14.3 Å². The first-order valence-electron chi connectivity index (χ1n) is 9.54. The summed E-state index contributed by atoms with van der Waals surface area (Å²) in [5.74, 6) is -1.94. The van der Waals surface area contributed by atoms with Crippen LogP contribution in [0.25, 0.3) is 28.1 Å². The van der Waals surface area contributed by atoms with Crippen molar-refractivity contribution in [2.45, 2.75) is 6.54 Å². The number of halogens is 1. The van der Waals surface area contributed by atoms with Crippen LogP contribution < -0.4 is 0 Å². The van der Waals surface area contributed by atoms with Gasteiger partial charge < -0.3 is 10.2 Å². The summed E-state index contributed by atoms with van der Waals surface area (Å²) in [6.07, 6.45) is 3.80. The Morgan fingerprint density at radius 3 is 2.56 bits per heavy atom. The van der Waals surface area contributed by atoms with Crippen molar-refractivity contribution in [2.24, 2.45) is 0 Å². The van der Waals surface area contributed by atoms with Crippen LogP contribution in [0.3, 0.4) is 0 Å². The number of fused-ring (bicyclic) bond motifs is 1. The predicted molar refractivity (Wildman–Crippen MR) is 112 cm³/mol. The normalized spacial score (nSPS) is 11.2. The molecule has 0 atom stereocenters. The summed E-state index contributed by atoms with van der Waals surface area (Å²) in [5, 5.41) is 27.7. The third-order valence-corrected chi connectivity index (χ3v) is 4.97. The lowest BCUT2D eigenvalue weighted by Crippen LogP contribution is -2.06. The molecule has 0 saturated heterocycles. The Morgan fingerprint density at radius 2 is 1.81 bits per heavy atom. The zero-order valence-corrected chi connectivity index (χ0v) is 16.4. The van der Waals surface area contributed by atoms with Crippen molar-refractivity contribution in [3.05, 3.63) is 84.1 Å². The van der Waals surface area contributed by atoms with E-state index < -0.39 is 11.8 Å². The number of nitrogens with zero attached hydrogens (tertiary/aromatic N) is 6. The van der Waals surface area contributed by atoms with Crippen LogP contribution in [0, 0.1) is 5.82 Å². The number of aromatic nitrogens is 6. The van der Waals surface area contributed by atoms with Gasteiger partial charge in [0.05, 0.1) is 24.5 Å². The molecule has 3 aromatic heterocycles. The minimum atomic E-state index is -1.14. The zero-order valence-electron chi connectivity index (χ0n) is 16.4. The average Bonchev–Trinajstić information content (AvgIpc) is 3.44. The first-order valence-corrected chi connectivity index (χ1v) is 9.54. The fraction of sp³-hybridized carbons (Fsp3) is 0.0455. The Labute approximate surface area is 180 Å². The molecule has 0 aliphatic heterocycles. The van der Waals surface area contributed by atoms with Crippen LogP contribution in [0.5, 0.6) is 5.88 Å². The van der Waals surface area contributed by atoms with E-state index in [4.69, 9.17) is 5.11 Å². The quantitative estimate of drug-likeness (QED) is 0.439. The van der Waals surface area contributed by atoms with E-state index in [0.717, 1.165) is 22.0 Å². The van der Waals surface area contributed by atoms with Crippen molar-refractivity contribution < 1.29 is 19.4 Å². The van der Waals surface area contributed by atoms with Crippen molar-refractivity contribution >= 4 is 17.0 Å². The molecule has 9 nitrogen and oxygen atoms in total. The lowest BCUT2D eigenvalue weighted by atomic mass is 10.0. The molecule has 5 rings (SSSR count). The molecule has 3 heterocycles. The number of hydrogen-bond donors (Lipinski definition) is 2. The van der Waals surface area contributed by atoms with E-state index >= 15 is 0 Å². The van der Waals surface area contributed by atoms with E-state index in [1.54, 1.807) is 12.1 Å². The molecule has 0 bridgehead atoms. The number of benzene rings is 2. The number of hydrogen-bond acceptors (Lipinski definition) is 6. The molecule has 5 aromatic rings. The van der Waals surface area contributed by atoms with Crippen LogP contribution in [0.4, 0.5) is 4.39 Å². The molecule has 10 heteroatoms. The van der Waals surface area contributed by atoms with E-state index in [-0.39, 0.29) is 29.5 Å². The monoisotopic (exact) mass is 430 g/mol. The third kappa shape index (κ3) is 3.43. The molecule has 2 aromatic carbocycles. The lowest BCUT2D eigenvalue weighted by molar-refractivity contribution is 0.0697. The first kappa shape index (κ1) is 19.4. The molecule has 0 spiro atoms. The summed E-state index contributed by atoms with van der Waals surface area (Å²) >= 11 is 0. The number of rotatable bonds is 5. The smallest absolute Gasteiger partial charge is 0.338 e. The maximum atomic E-state index is 14.5. The summed E-state index contributed by atoms with van der Waals surface area (Å²) < 4.78 is 17.1. The summed E-state index contributed by atoms with van der Waals surface area (Å²) in [5.41, 5.74) is 2.68. The van der Waals surface area contributed by atoms with Gasteiger partial charge in [-0.15, -0.1) is 0 Å². The average molecular weight is 430 g/mol. The summed E-state index contributed by atoms with van der Waals surface area (Å²) in [7, 11) is 0. The molecule has 0 aliphatic rings. The minimum absolute atomic E-state index is 0.0145. The maximum Gasteiger partial charge on any atom is 0.338 e. The van der Waals surface area contributed by atoms with Crippen LogP contribution in [0.2, 0.25) is 0 Å². The molecule has 2 N–H and O–H groups in total. The predicted octanol–water partition coefficient (Wildman–Crippen LogP) is 3.27.